The van der Waals surface area contributed by atoms with Crippen molar-refractivity contribution in [3.63, 3.8) is 0 Å². The lowest BCUT2D eigenvalue weighted by Crippen LogP contribution is -1.96. The minimum atomic E-state index is 0.324. The minimum Gasteiger partial charge on any atom is -0.223 e. The van der Waals surface area contributed by atoms with Gasteiger partial charge in [-0.25, -0.2) is 9.97 Å². The molecule has 0 bridgehead atoms. The van der Waals surface area contributed by atoms with Crippen LogP contribution in [0.15, 0.2) is 23.6 Å². The van der Waals surface area contributed by atoms with Crippen LogP contribution in [0.1, 0.15) is 25.5 Å². The Bertz CT molecular complexity index is 452. The molecule has 0 aliphatic heterocycles. The van der Waals surface area contributed by atoms with E-state index < -0.39 is 0 Å². The van der Waals surface area contributed by atoms with E-state index in [9.17, 15) is 0 Å². The summed E-state index contributed by atoms with van der Waals surface area (Å²) in [5.41, 5.74) is 1.90. The van der Waals surface area contributed by atoms with Crippen LogP contribution in [-0.4, -0.2) is 9.97 Å². The van der Waals surface area contributed by atoms with Gasteiger partial charge in [0.05, 0.1) is 10.6 Å². The summed E-state index contributed by atoms with van der Waals surface area (Å²) in [6.07, 6.45) is 0. The van der Waals surface area contributed by atoms with Crippen LogP contribution >= 0.6 is 22.9 Å². The predicted octanol–water partition coefficient (Wildman–Crippen LogP) is 3.98. The summed E-state index contributed by atoms with van der Waals surface area (Å²) in [6, 6.07) is 6.04. The molecular formula is C11H11ClN2S. The van der Waals surface area contributed by atoms with Crippen molar-refractivity contribution >= 4 is 22.9 Å². The molecule has 2 nitrogen and oxygen atoms in total. The van der Waals surface area contributed by atoms with Gasteiger partial charge in [-0.1, -0.05) is 19.9 Å². The first-order valence-corrected chi connectivity index (χ1v) is 6.01. The maximum atomic E-state index is 5.89. The van der Waals surface area contributed by atoms with Crippen LogP contribution in [0.2, 0.25) is 5.28 Å². The molecule has 2 rings (SSSR count). The van der Waals surface area contributed by atoms with Crippen molar-refractivity contribution in [2.24, 2.45) is 0 Å². The Kier molecular flexibility index (Phi) is 3.03. The van der Waals surface area contributed by atoms with E-state index in [2.05, 4.69) is 23.8 Å². The van der Waals surface area contributed by atoms with E-state index in [-0.39, 0.29) is 0 Å². The van der Waals surface area contributed by atoms with E-state index >= 15 is 0 Å². The molecule has 0 fully saturated rings. The van der Waals surface area contributed by atoms with Gasteiger partial charge in [-0.2, -0.15) is 0 Å². The zero-order chi connectivity index (χ0) is 10.8. The molecule has 0 saturated carbocycles. The third kappa shape index (κ3) is 2.36. The quantitative estimate of drug-likeness (QED) is 0.740. The van der Waals surface area contributed by atoms with Gasteiger partial charge in [-0.3, -0.25) is 0 Å². The molecule has 15 heavy (non-hydrogen) atoms. The van der Waals surface area contributed by atoms with Gasteiger partial charge in [-0.15, -0.1) is 11.3 Å². The molecule has 0 aromatic carbocycles. The molecule has 0 aliphatic carbocycles. The minimum absolute atomic E-state index is 0.324. The highest BCUT2D eigenvalue weighted by Crippen LogP contribution is 2.26. The second-order valence-electron chi connectivity index (χ2n) is 3.58. The second-order valence-corrected chi connectivity index (χ2v) is 4.86. The molecular weight excluding hydrogens is 228 g/mol. The Morgan fingerprint density at radius 1 is 1.33 bits per heavy atom. The number of hydrogen-bond acceptors (Lipinski definition) is 3. The molecule has 4 heteroatoms. The van der Waals surface area contributed by atoms with Gasteiger partial charge in [0.2, 0.25) is 5.28 Å². The highest BCUT2D eigenvalue weighted by molar-refractivity contribution is 7.13. The lowest BCUT2D eigenvalue weighted by atomic mass is 10.1. The Labute approximate surface area is 98.0 Å². The molecule has 0 amide bonds. The first-order chi connectivity index (χ1) is 7.16. The van der Waals surface area contributed by atoms with Crippen LogP contribution in [0.25, 0.3) is 10.6 Å². The summed E-state index contributed by atoms with van der Waals surface area (Å²) in [5, 5.41) is 2.35. The van der Waals surface area contributed by atoms with E-state index in [4.69, 9.17) is 11.6 Å². The largest absolute Gasteiger partial charge is 0.223 e. The van der Waals surface area contributed by atoms with E-state index in [1.165, 1.54) is 0 Å². The van der Waals surface area contributed by atoms with E-state index in [1.807, 2.05) is 23.6 Å². The first-order valence-electron chi connectivity index (χ1n) is 4.75. The van der Waals surface area contributed by atoms with Gasteiger partial charge in [0.15, 0.2) is 0 Å². The molecule has 0 unspecified atom stereocenters. The topological polar surface area (TPSA) is 25.8 Å². The normalized spacial score (nSPS) is 10.9. The highest BCUT2D eigenvalue weighted by Gasteiger charge is 2.08. The van der Waals surface area contributed by atoms with E-state index in [0.29, 0.717) is 11.2 Å². The summed E-state index contributed by atoms with van der Waals surface area (Å²) in [6.45, 7) is 4.19. The van der Waals surface area contributed by atoms with Crippen molar-refractivity contribution in [2.75, 3.05) is 0 Å². The van der Waals surface area contributed by atoms with Gasteiger partial charge in [0.25, 0.3) is 0 Å². The number of rotatable bonds is 2. The van der Waals surface area contributed by atoms with Crippen LogP contribution in [0.4, 0.5) is 0 Å². The van der Waals surface area contributed by atoms with Crippen molar-refractivity contribution in [3.8, 4) is 10.6 Å². The number of halogens is 1. The van der Waals surface area contributed by atoms with Gasteiger partial charge in [0, 0.05) is 5.69 Å². The van der Waals surface area contributed by atoms with Crippen molar-refractivity contribution in [2.45, 2.75) is 19.8 Å². The highest BCUT2D eigenvalue weighted by atomic mass is 35.5. The van der Waals surface area contributed by atoms with E-state index in [0.717, 1.165) is 16.3 Å². The smallest absolute Gasteiger partial charge is 0.223 e. The van der Waals surface area contributed by atoms with Crippen LogP contribution < -0.4 is 0 Å². The number of thiophene rings is 1. The van der Waals surface area contributed by atoms with Crippen molar-refractivity contribution in [3.05, 3.63) is 34.6 Å². The number of hydrogen-bond donors (Lipinski definition) is 0. The molecule has 2 aromatic rings. The molecule has 2 heterocycles. The summed E-state index contributed by atoms with van der Waals surface area (Å²) in [5.74, 6) is 0.365. The lowest BCUT2D eigenvalue weighted by molar-refractivity contribution is 0.815. The molecule has 0 N–H and O–H groups in total. The van der Waals surface area contributed by atoms with Gasteiger partial charge in [-0.05, 0) is 35.0 Å². The SMILES string of the molecule is CC(C)c1cc(-c2cccs2)nc(Cl)n1. The molecule has 0 aliphatic rings. The van der Waals surface area contributed by atoms with Crippen molar-refractivity contribution < 1.29 is 0 Å². The fourth-order valence-electron chi connectivity index (χ4n) is 1.28. The predicted molar refractivity (Wildman–Crippen MR) is 64.4 cm³/mol. The maximum absolute atomic E-state index is 5.89. The molecule has 0 spiro atoms. The lowest BCUT2D eigenvalue weighted by Gasteiger charge is -2.06. The maximum Gasteiger partial charge on any atom is 0.223 e. The van der Waals surface area contributed by atoms with E-state index in [1.54, 1.807) is 11.3 Å². The molecule has 0 atom stereocenters. The Morgan fingerprint density at radius 3 is 2.73 bits per heavy atom. The average Bonchev–Trinajstić information content (AvgIpc) is 2.69. The Balaban J connectivity index is 2.49. The standard InChI is InChI=1S/C11H11ClN2S/c1-7(2)8-6-9(14-11(12)13-8)10-4-3-5-15-10/h3-7H,1-2H3. The van der Waals surface area contributed by atoms with Gasteiger partial charge in [0.1, 0.15) is 0 Å². The Hall–Kier alpha value is -0.930. The number of aromatic nitrogens is 2. The molecule has 78 valence electrons. The van der Waals surface area contributed by atoms with Crippen molar-refractivity contribution in [1.29, 1.82) is 0 Å². The fourth-order valence-corrected chi connectivity index (χ4v) is 2.16. The molecule has 0 radical (unpaired) electrons. The third-order valence-electron chi connectivity index (χ3n) is 2.08. The Morgan fingerprint density at radius 2 is 2.13 bits per heavy atom. The molecule has 0 saturated heterocycles. The zero-order valence-corrected chi connectivity index (χ0v) is 10.1. The van der Waals surface area contributed by atoms with Gasteiger partial charge < -0.3 is 0 Å². The van der Waals surface area contributed by atoms with Crippen LogP contribution in [0.3, 0.4) is 0 Å². The van der Waals surface area contributed by atoms with Crippen LogP contribution in [0.5, 0.6) is 0 Å². The average molecular weight is 239 g/mol. The van der Waals surface area contributed by atoms with Gasteiger partial charge >= 0.3 is 0 Å². The van der Waals surface area contributed by atoms with Crippen molar-refractivity contribution in [1.82, 2.24) is 9.97 Å². The summed E-state index contributed by atoms with van der Waals surface area (Å²) in [7, 11) is 0. The fraction of sp³-hybridized carbons (Fsp3) is 0.273. The summed E-state index contributed by atoms with van der Waals surface area (Å²) < 4.78 is 0. The summed E-state index contributed by atoms with van der Waals surface area (Å²) in [4.78, 5) is 9.55. The monoisotopic (exact) mass is 238 g/mol. The zero-order valence-electron chi connectivity index (χ0n) is 8.57. The number of nitrogens with zero attached hydrogens (tertiary/aromatic N) is 2. The third-order valence-corrected chi connectivity index (χ3v) is 3.15. The second kappa shape index (κ2) is 4.29. The van der Waals surface area contributed by atoms with Crippen LogP contribution in [0, 0.1) is 0 Å². The summed E-state index contributed by atoms with van der Waals surface area (Å²) >= 11 is 7.55. The first kappa shape index (κ1) is 10.6. The van der Waals surface area contributed by atoms with Crippen LogP contribution in [-0.2, 0) is 0 Å². The molecule has 2 aromatic heterocycles.